The van der Waals surface area contributed by atoms with E-state index < -0.39 is 0 Å². The first-order chi connectivity index (χ1) is 4.83. The summed E-state index contributed by atoms with van der Waals surface area (Å²) >= 11 is 0. The second kappa shape index (κ2) is 2.97. The Morgan fingerprint density at radius 2 is 2.20 bits per heavy atom. The van der Waals surface area contributed by atoms with Gasteiger partial charge in [-0.2, -0.15) is 5.26 Å². The molecule has 0 radical (unpaired) electrons. The zero-order chi connectivity index (χ0) is 7.40. The zero-order valence-corrected chi connectivity index (χ0v) is 5.73. The molecule has 0 aliphatic rings. The molecule has 10 heavy (non-hydrogen) atoms. The van der Waals surface area contributed by atoms with Crippen LogP contribution in [-0.4, -0.2) is 14.8 Å². The van der Waals surface area contributed by atoms with Crippen LogP contribution < -0.4 is 0 Å². The van der Waals surface area contributed by atoms with Crippen LogP contribution in [0.4, 0.5) is 0 Å². The van der Waals surface area contributed by atoms with Crippen LogP contribution in [-0.2, 0) is 6.54 Å². The summed E-state index contributed by atoms with van der Waals surface area (Å²) in [6.07, 6.45) is 3.21. The summed E-state index contributed by atoms with van der Waals surface area (Å²) < 4.78 is 1.79. The lowest BCUT2D eigenvalue weighted by atomic mass is 10.2. The Kier molecular flexibility index (Phi) is 2.00. The topological polar surface area (TPSA) is 54.5 Å². The molecule has 1 aromatic heterocycles. The Morgan fingerprint density at radius 3 is 2.70 bits per heavy atom. The second-order valence-electron chi connectivity index (χ2n) is 2.19. The van der Waals surface area contributed by atoms with Gasteiger partial charge in [0.05, 0.1) is 12.0 Å². The van der Waals surface area contributed by atoms with Gasteiger partial charge in [0.1, 0.15) is 12.7 Å². The second-order valence-corrected chi connectivity index (χ2v) is 2.19. The highest BCUT2D eigenvalue weighted by Gasteiger charge is 1.98. The van der Waals surface area contributed by atoms with Crippen molar-refractivity contribution < 1.29 is 0 Å². The number of hydrogen-bond donors (Lipinski definition) is 0. The van der Waals surface area contributed by atoms with Gasteiger partial charge in [-0.05, 0) is 6.92 Å². The van der Waals surface area contributed by atoms with Crippen molar-refractivity contribution in [2.75, 3.05) is 0 Å². The van der Waals surface area contributed by atoms with Crippen molar-refractivity contribution in [3.63, 3.8) is 0 Å². The van der Waals surface area contributed by atoms with Crippen LogP contribution in [0.25, 0.3) is 0 Å². The monoisotopic (exact) mass is 136 g/mol. The quantitative estimate of drug-likeness (QED) is 0.592. The minimum Gasteiger partial charge on any atom is -0.319 e. The molecule has 4 heteroatoms. The molecule has 0 aliphatic carbocycles. The largest absolute Gasteiger partial charge is 0.319 e. The molecule has 0 saturated heterocycles. The van der Waals surface area contributed by atoms with E-state index in [0.29, 0.717) is 6.54 Å². The average Bonchev–Trinajstić information content (AvgIpc) is 2.40. The van der Waals surface area contributed by atoms with E-state index in [9.17, 15) is 0 Å². The highest BCUT2D eigenvalue weighted by Crippen LogP contribution is 1.95. The Morgan fingerprint density at radius 1 is 1.60 bits per heavy atom. The molecule has 1 rings (SSSR count). The summed E-state index contributed by atoms with van der Waals surface area (Å²) in [5, 5.41) is 15.7. The van der Waals surface area contributed by atoms with Crippen LogP contribution in [0.3, 0.4) is 0 Å². The SMILES string of the molecule is CC(C#N)Cn1cnnc1. The number of rotatable bonds is 2. The van der Waals surface area contributed by atoms with E-state index in [1.54, 1.807) is 17.2 Å². The molecular formula is C6H8N4. The molecule has 0 amide bonds. The maximum absolute atomic E-state index is 8.43. The van der Waals surface area contributed by atoms with Gasteiger partial charge in [-0.25, -0.2) is 0 Å². The van der Waals surface area contributed by atoms with E-state index >= 15 is 0 Å². The van der Waals surface area contributed by atoms with Crippen molar-refractivity contribution in [3.05, 3.63) is 12.7 Å². The van der Waals surface area contributed by atoms with Crippen LogP contribution in [0.1, 0.15) is 6.92 Å². The molecule has 52 valence electrons. The van der Waals surface area contributed by atoms with Crippen molar-refractivity contribution in [2.45, 2.75) is 13.5 Å². The summed E-state index contributed by atoms with van der Waals surface area (Å²) in [6, 6.07) is 2.13. The highest BCUT2D eigenvalue weighted by molar-refractivity contribution is 4.79. The van der Waals surface area contributed by atoms with Crippen LogP contribution in [0.5, 0.6) is 0 Å². The maximum Gasteiger partial charge on any atom is 0.119 e. The van der Waals surface area contributed by atoms with Gasteiger partial charge >= 0.3 is 0 Å². The number of nitriles is 1. The molecule has 0 saturated carbocycles. The summed E-state index contributed by atoms with van der Waals surface area (Å²) in [4.78, 5) is 0. The predicted octanol–water partition coefficient (Wildman–Crippen LogP) is 0.438. The molecular weight excluding hydrogens is 128 g/mol. The third-order valence-corrected chi connectivity index (χ3v) is 1.17. The van der Waals surface area contributed by atoms with Gasteiger partial charge in [0.2, 0.25) is 0 Å². The van der Waals surface area contributed by atoms with Crippen LogP contribution in [0.15, 0.2) is 12.7 Å². The number of hydrogen-bond acceptors (Lipinski definition) is 3. The summed E-state index contributed by atoms with van der Waals surface area (Å²) in [7, 11) is 0. The molecule has 0 fully saturated rings. The molecule has 0 bridgehead atoms. The third-order valence-electron chi connectivity index (χ3n) is 1.17. The van der Waals surface area contributed by atoms with Crippen molar-refractivity contribution in [1.82, 2.24) is 14.8 Å². The van der Waals surface area contributed by atoms with Gasteiger partial charge in [-0.1, -0.05) is 0 Å². The molecule has 4 nitrogen and oxygen atoms in total. The minimum absolute atomic E-state index is 0.0241. The minimum atomic E-state index is 0.0241. The van der Waals surface area contributed by atoms with E-state index in [1.165, 1.54) is 0 Å². The van der Waals surface area contributed by atoms with Gasteiger partial charge < -0.3 is 4.57 Å². The third kappa shape index (κ3) is 1.55. The van der Waals surface area contributed by atoms with Crippen molar-refractivity contribution in [1.29, 1.82) is 5.26 Å². The number of nitrogens with zero attached hydrogens (tertiary/aromatic N) is 4. The summed E-state index contributed by atoms with van der Waals surface area (Å²) in [6.45, 7) is 2.53. The smallest absolute Gasteiger partial charge is 0.119 e. The van der Waals surface area contributed by atoms with E-state index in [4.69, 9.17) is 5.26 Å². The molecule has 1 heterocycles. The lowest BCUT2D eigenvalue weighted by Crippen LogP contribution is -2.02. The molecule has 0 aliphatic heterocycles. The van der Waals surface area contributed by atoms with Crippen molar-refractivity contribution in [2.24, 2.45) is 5.92 Å². The first-order valence-corrected chi connectivity index (χ1v) is 3.05. The molecule has 1 aromatic rings. The molecule has 1 atom stereocenters. The van der Waals surface area contributed by atoms with E-state index in [0.717, 1.165) is 0 Å². The van der Waals surface area contributed by atoms with Crippen LogP contribution in [0.2, 0.25) is 0 Å². The van der Waals surface area contributed by atoms with E-state index in [2.05, 4.69) is 16.3 Å². The zero-order valence-electron chi connectivity index (χ0n) is 5.73. The maximum atomic E-state index is 8.43. The Labute approximate surface area is 59.1 Å². The van der Waals surface area contributed by atoms with Crippen molar-refractivity contribution >= 4 is 0 Å². The van der Waals surface area contributed by atoms with Gasteiger partial charge in [-0.15, -0.1) is 10.2 Å². The molecule has 0 aromatic carbocycles. The standard InChI is InChI=1S/C6H8N4/c1-6(2-7)3-10-4-8-9-5-10/h4-6H,3H2,1H3. The Bertz CT molecular complexity index is 220. The fourth-order valence-electron chi connectivity index (χ4n) is 0.673. The molecule has 0 N–H and O–H groups in total. The normalized spacial score (nSPS) is 12.4. The van der Waals surface area contributed by atoms with Gasteiger partial charge in [0, 0.05) is 6.54 Å². The first kappa shape index (κ1) is 6.75. The lowest BCUT2D eigenvalue weighted by Gasteiger charge is -1.99. The lowest BCUT2D eigenvalue weighted by molar-refractivity contribution is 0.578. The first-order valence-electron chi connectivity index (χ1n) is 3.05. The average molecular weight is 136 g/mol. The summed E-state index contributed by atoms with van der Waals surface area (Å²) in [5.41, 5.74) is 0. The van der Waals surface area contributed by atoms with Crippen LogP contribution in [0, 0.1) is 17.2 Å². The van der Waals surface area contributed by atoms with Gasteiger partial charge in [-0.3, -0.25) is 0 Å². The van der Waals surface area contributed by atoms with E-state index in [-0.39, 0.29) is 5.92 Å². The summed E-state index contributed by atoms with van der Waals surface area (Å²) in [5.74, 6) is 0.0241. The molecule has 1 unspecified atom stereocenters. The van der Waals surface area contributed by atoms with Crippen molar-refractivity contribution in [3.8, 4) is 6.07 Å². The number of aromatic nitrogens is 3. The van der Waals surface area contributed by atoms with Crippen LogP contribution >= 0.6 is 0 Å². The van der Waals surface area contributed by atoms with E-state index in [1.807, 2.05) is 6.92 Å². The Balaban J connectivity index is 2.50. The fourth-order valence-corrected chi connectivity index (χ4v) is 0.673. The Hall–Kier alpha value is -1.37. The fraction of sp³-hybridized carbons (Fsp3) is 0.500. The van der Waals surface area contributed by atoms with Gasteiger partial charge in [0.15, 0.2) is 0 Å². The van der Waals surface area contributed by atoms with Gasteiger partial charge in [0.25, 0.3) is 0 Å². The highest BCUT2D eigenvalue weighted by atomic mass is 15.2. The predicted molar refractivity (Wildman–Crippen MR) is 34.8 cm³/mol. The molecule has 0 spiro atoms.